The van der Waals surface area contributed by atoms with Crippen molar-refractivity contribution in [3.63, 3.8) is 0 Å². The highest BCUT2D eigenvalue weighted by molar-refractivity contribution is 6.01. The van der Waals surface area contributed by atoms with Gasteiger partial charge >= 0.3 is 0 Å². The summed E-state index contributed by atoms with van der Waals surface area (Å²) in [6.45, 7) is 4.15. The van der Waals surface area contributed by atoms with E-state index in [9.17, 15) is 14.9 Å². The number of hydrogen-bond donors (Lipinski definition) is 1. The Labute approximate surface area is 139 Å². The molecule has 0 atom stereocenters. The zero-order valence-corrected chi connectivity index (χ0v) is 13.4. The van der Waals surface area contributed by atoms with Gasteiger partial charge in [0.05, 0.1) is 17.2 Å². The number of hydrazone groups is 1. The molecule has 0 aliphatic rings. The molecule has 0 aliphatic carbocycles. The van der Waals surface area contributed by atoms with Gasteiger partial charge in [-0.2, -0.15) is 5.10 Å². The lowest BCUT2D eigenvalue weighted by Gasteiger charge is -2.05. The maximum Gasteiger partial charge on any atom is 0.271 e. The van der Waals surface area contributed by atoms with Gasteiger partial charge in [0.25, 0.3) is 11.6 Å². The topological polar surface area (TPSA) is 93.8 Å². The normalized spacial score (nSPS) is 11.0. The van der Waals surface area contributed by atoms with E-state index < -0.39 is 4.92 Å². The number of carbonyl (C=O) groups is 1. The highest BCUT2D eigenvalue weighted by Gasteiger charge is 2.07. The monoisotopic (exact) mass is 327 g/mol. The minimum absolute atomic E-state index is 0.00461. The van der Waals surface area contributed by atoms with Crippen LogP contribution in [0.3, 0.4) is 0 Å². The van der Waals surface area contributed by atoms with Crippen LogP contribution in [0, 0.1) is 10.1 Å². The molecule has 0 aliphatic heterocycles. The van der Waals surface area contributed by atoms with Crippen LogP contribution in [-0.4, -0.2) is 23.1 Å². The summed E-state index contributed by atoms with van der Waals surface area (Å²) in [5, 5.41) is 14.6. The number of amides is 1. The van der Waals surface area contributed by atoms with Gasteiger partial charge in [-0.1, -0.05) is 0 Å². The SMILES string of the molecule is CCOc1ccc(C(=O)N/N=C(/C)c2ccc([N+](=O)[O-])cc2)cc1. The van der Waals surface area contributed by atoms with E-state index in [0.717, 1.165) is 0 Å². The summed E-state index contributed by atoms with van der Waals surface area (Å²) in [4.78, 5) is 22.2. The molecule has 1 amide bonds. The first-order chi connectivity index (χ1) is 11.5. The molecule has 2 aromatic rings. The number of carbonyl (C=O) groups excluding carboxylic acids is 1. The molecule has 1 N–H and O–H groups in total. The third-order valence-corrected chi connectivity index (χ3v) is 3.25. The van der Waals surface area contributed by atoms with Gasteiger partial charge in [-0.25, -0.2) is 5.43 Å². The van der Waals surface area contributed by atoms with Crippen molar-refractivity contribution in [2.24, 2.45) is 5.10 Å². The van der Waals surface area contributed by atoms with E-state index in [-0.39, 0.29) is 11.6 Å². The number of nitrogens with one attached hydrogen (secondary N) is 1. The molecule has 0 heterocycles. The van der Waals surface area contributed by atoms with E-state index in [0.29, 0.717) is 29.2 Å². The summed E-state index contributed by atoms with van der Waals surface area (Å²) < 4.78 is 5.32. The van der Waals surface area contributed by atoms with Gasteiger partial charge in [-0.15, -0.1) is 0 Å². The Morgan fingerprint density at radius 2 is 1.71 bits per heavy atom. The molecule has 7 nitrogen and oxygen atoms in total. The first-order valence-corrected chi connectivity index (χ1v) is 7.33. The minimum Gasteiger partial charge on any atom is -0.494 e. The van der Waals surface area contributed by atoms with Gasteiger partial charge in [0.1, 0.15) is 5.75 Å². The van der Waals surface area contributed by atoms with E-state index in [4.69, 9.17) is 4.74 Å². The zero-order valence-electron chi connectivity index (χ0n) is 13.4. The molecule has 0 fully saturated rings. The Morgan fingerprint density at radius 1 is 1.12 bits per heavy atom. The second-order valence-corrected chi connectivity index (χ2v) is 4.90. The molecule has 0 saturated heterocycles. The van der Waals surface area contributed by atoms with Crippen LogP contribution in [0.1, 0.15) is 29.8 Å². The first-order valence-electron chi connectivity index (χ1n) is 7.33. The van der Waals surface area contributed by atoms with Gasteiger partial charge in [0, 0.05) is 17.7 Å². The molecule has 0 unspecified atom stereocenters. The minimum atomic E-state index is -0.468. The fraction of sp³-hybridized carbons (Fsp3) is 0.176. The molecule has 0 spiro atoms. The highest BCUT2D eigenvalue weighted by Crippen LogP contribution is 2.13. The zero-order chi connectivity index (χ0) is 17.5. The van der Waals surface area contributed by atoms with Crippen molar-refractivity contribution in [1.29, 1.82) is 0 Å². The summed E-state index contributed by atoms with van der Waals surface area (Å²) in [7, 11) is 0. The Kier molecular flexibility index (Phi) is 5.62. The lowest BCUT2D eigenvalue weighted by Crippen LogP contribution is -2.19. The number of nitro groups is 1. The lowest BCUT2D eigenvalue weighted by atomic mass is 10.1. The van der Waals surface area contributed by atoms with Crippen LogP contribution in [0.4, 0.5) is 5.69 Å². The van der Waals surface area contributed by atoms with Crippen LogP contribution in [0.2, 0.25) is 0 Å². The lowest BCUT2D eigenvalue weighted by molar-refractivity contribution is -0.384. The standard InChI is InChI=1S/C17H17N3O4/c1-3-24-16-10-6-14(7-11-16)17(21)19-18-12(2)13-4-8-15(9-5-13)20(22)23/h4-11H,3H2,1-2H3,(H,19,21)/b18-12-. The molecule has 0 saturated carbocycles. The number of nitrogens with zero attached hydrogens (tertiary/aromatic N) is 2. The number of nitro benzene ring substituents is 1. The van der Waals surface area contributed by atoms with Crippen molar-refractivity contribution in [3.8, 4) is 5.75 Å². The molecule has 124 valence electrons. The third kappa shape index (κ3) is 4.39. The van der Waals surface area contributed by atoms with Crippen LogP contribution in [0.5, 0.6) is 5.75 Å². The summed E-state index contributed by atoms with van der Waals surface area (Å²) in [5.41, 5.74) is 4.16. The first kappa shape index (κ1) is 17.1. The summed E-state index contributed by atoms with van der Waals surface area (Å²) in [5.74, 6) is 0.346. The Bertz CT molecular complexity index is 752. The number of ether oxygens (including phenoxy) is 1. The average Bonchev–Trinajstić information content (AvgIpc) is 2.60. The van der Waals surface area contributed by atoms with Crippen molar-refractivity contribution >= 4 is 17.3 Å². The number of non-ortho nitro benzene ring substituents is 1. The van der Waals surface area contributed by atoms with E-state index in [1.54, 1.807) is 43.3 Å². The maximum absolute atomic E-state index is 12.0. The second kappa shape index (κ2) is 7.87. The van der Waals surface area contributed by atoms with Gasteiger partial charge in [-0.05, 0) is 55.8 Å². The van der Waals surface area contributed by atoms with Gasteiger partial charge in [0.2, 0.25) is 0 Å². The predicted molar refractivity (Wildman–Crippen MR) is 90.4 cm³/mol. The number of rotatable bonds is 6. The van der Waals surface area contributed by atoms with E-state index in [2.05, 4.69) is 10.5 Å². The summed E-state index contributed by atoms with van der Waals surface area (Å²) in [6, 6.07) is 12.7. The van der Waals surface area contributed by atoms with Crippen molar-refractivity contribution < 1.29 is 14.5 Å². The molecule has 0 bridgehead atoms. The largest absolute Gasteiger partial charge is 0.494 e. The molecule has 2 rings (SSSR count). The molecule has 7 heteroatoms. The number of hydrogen-bond acceptors (Lipinski definition) is 5. The van der Waals surface area contributed by atoms with Crippen LogP contribution in [0.25, 0.3) is 0 Å². The Hall–Kier alpha value is -3.22. The van der Waals surface area contributed by atoms with Crippen LogP contribution in [-0.2, 0) is 0 Å². The fourth-order valence-corrected chi connectivity index (χ4v) is 1.96. The van der Waals surface area contributed by atoms with Crippen molar-refractivity contribution in [3.05, 3.63) is 69.8 Å². The van der Waals surface area contributed by atoms with Crippen molar-refractivity contribution in [1.82, 2.24) is 5.43 Å². The van der Waals surface area contributed by atoms with Crippen LogP contribution in [0.15, 0.2) is 53.6 Å². The molecule has 2 aromatic carbocycles. The predicted octanol–water partition coefficient (Wildman–Crippen LogP) is 3.15. The van der Waals surface area contributed by atoms with Gasteiger partial charge < -0.3 is 4.74 Å². The molecule has 0 aromatic heterocycles. The fourth-order valence-electron chi connectivity index (χ4n) is 1.96. The molecular formula is C17H17N3O4. The van der Waals surface area contributed by atoms with Gasteiger partial charge in [-0.3, -0.25) is 14.9 Å². The highest BCUT2D eigenvalue weighted by atomic mass is 16.6. The number of benzene rings is 2. The van der Waals surface area contributed by atoms with E-state index in [1.807, 2.05) is 6.92 Å². The Morgan fingerprint density at radius 3 is 2.25 bits per heavy atom. The van der Waals surface area contributed by atoms with Crippen molar-refractivity contribution in [2.45, 2.75) is 13.8 Å². The van der Waals surface area contributed by atoms with Crippen molar-refractivity contribution in [2.75, 3.05) is 6.61 Å². The van der Waals surface area contributed by atoms with Gasteiger partial charge in [0.15, 0.2) is 0 Å². The average molecular weight is 327 g/mol. The van der Waals surface area contributed by atoms with E-state index in [1.165, 1.54) is 12.1 Å². The summed E-state index contributed by atoms with van der Waals surface area (Å²) >= 11 is 0. The molecular weight excluding hydrogens is 310 g/mol. The third-order valence-electron chi connectivity index (χ3n) is 3.25. The second-order valence-electron chi connectivity index (χ2n) is 4.90. The van der Waals surface area contributed by atoms with Crippen LogP contribution >= 0.6 is 0 Å². The summed E-state index contributed by atoms with van der Waals surface area (Å²) in [6.07, 6.45) is 0. The van der Waals surface area contributed by atoms with Crippen LogP contribution < -0.4 is 10.2 Å². The molecule has 24 heavy (non-hydrogen) atoms. The molecule has 0 radical (unpaired) electrons. The quantitative estimate of drug-likeness (QED) is 0.501. The van der Waals surface area contributed by atoms with E-state index >= 15 is 0 Å². The maximum atomic E-state index is 12.0. The Balaban J connectivity index is 2.02. The smallest absolute Gasteiger partial charge is 0.271 e.